The van der Waals surface area contributed by atoms with Gasteiger partial charge in [-0.25, -0.2) is 18.1 Å². The number of halogens is 1. The Morgan fingerprint density at radius 2 is 1.73 bits per heavy atom. The van der Waals surface area contributed by atoms with E-state index in [4.69, 9.17) is 11.6 Å². The van der Waals surface area contributed by atoms with Crippen LogP contribution in [0.15, 0.2) is 58.2 Å². The molecular weight excluding hydrogens is 428 g/mol. The van der Waals surface area contributed by atoms with Crippen molar-refractivity contribution in [1.82, 2.24) is 9.97 Å². The zero-order valence-corrected chi connectivity index (χ0v) is 17.8. The minimum Gasteiger partial charge on any atom is -0.326 e. The summed E-state index contributed by atoms with van der Waals surface area (Å²) in [6.07, 6.45) is 0.336. The zero-order valence-electron chi connectivity index (χ0n) is 16.2. The van der Waals surface area contributed by atoms with Gasteiger partial charge in [0.15, 0.2) is 0 Å². The molecule has 0 atom stereocenters. The smallest absolute Gasteiger partial charge is 0.264 e. The first kappa shape index (κ1) is 21.5. The fraction of sp³-hybridized carbons (Fsp3) is 0.150. The molecule has 0 saturated carbocycles. The summed E-state index contributed by atoms with van der Waals surface area (Å²) in [5, 5.41) is 3.15. The lowest BCUT2D eigenvalue weighted by Gasteiger charge is -2.11. The number of anilines is 2. The number of carbonyl (C=O) groups excluding carboxylic acids is 1. The summed E-state index contributed by atoms with van der Waals surface area (Å²) in [6, 6.07) is 12.7. The van der Waals surface area contributed by atoms with E-state index in [1.165, 1.54) is 31.2 Å². The Morgan fingerprint density at radius 1 is 1.10 bits per heavy atom. The number of benzene rings is 2. The molecule has 0 fully saturated rings. The molecule has 0 saturated heterocycles. The number of rotatable bonds is 6. The maximum absolute atomic E-state index is 12.6. The standard InChI is InChI=1S/C20H19ClN4O4S/c1-12-18(11-14-3-5-15(21)6-4-14)19(27)24-20(22-12)25-30(28,29)17-9-7-16(8-10-17)23-13(2)26/h3-10H,11H2,1-2H3,(H,23,26)(H2,22,24,25,27). The Labute approximate surface area is 178 Å². The van der Waals surface area contributed by atoms with Crippen LogP contribution in [-0.4, -0.2) is 24.3 Å². The minimum atomic E-state index is -3.98. The highest BCUT2D eigenvalue weighted by Crippen LogP contribution is 2.18. The van der Waals surface area contributed by atoms with E-state index in [0.717, 1.165) is 5.56 Å². The topological polar surface area (TPSA) is 121 Å². The van der Waals surface area contributed by atoms with Crippen LogP contribution in [0.2, 0.25) is 5.02 Å². The zero-order chi connectivity index (χ0) is 21.9. The van der Waals surface area contributed by atoms with Gasteiger partial charge in [-0.2, -0.15) is 0 Å². The number of aromatic amines is 1. The summed E-state index contributed by atoms with van der Waals surface area (Å²) in [5.74, 6) is -0.442. The highest BCUT2D eigenvalue weighted by molar-refractivity contribution is 7.92. The predicted octanol–water partition coefficient (Wildman–Crippen LogP) is 3.08. The fourth-order valence-corrected chi connectivity index (χ4v) is 3.87. The highest BCUT2D eigenvalue weighted by Gasteiger charge is 2.17. The quantitative estimate of drug-likeness (QED) is 0.537. The monoisotopic (exact) mass is 446 g/mol. The number of hydrogen-bond donors (Lipinski definition) is 3. The number of nitrogens with zero attached hydrogens (tertiary/aromatic N) is 1. The second kappa shape index (κ2) is 8.68. The van der Waals surface area contributed by atoms with E-state index in [1.54, 1.807) is 19.1 Å². The van der Waals surface area contributed by atoms with E-state index in [0.29, 0.717) is 28.4 Å². The third kappa shape index (κ3) is 5.25. The lowest BCUT2D eigenvalue weighted by molar-refractivity contribution is -0.114. The molecule has 1 heterocycles. The summed E-state index contributed by atoms with van der Waals surface area (Å²) in [7, 11) is -3.98. The molecule has 3 aromatic rings. The third-order valence-corrected chi connectivity index (χ3v) is 5.84. The number of sulfonamides is 1. The van der Waals surface area contributed by atoms with Crippen LogP contribution < -0.4 is 15.6 Å². The van der Waals surface area contributed by atoms with Crippen LogP contribution >= 0.6 is 11.6 Å². The van der Waals surface area contributed by atoms with Crippen molar-refractivity contribution in [2.45, 2.75) is 25.2 Å². The molecule has 0 aliphatic rings. The van der Waals surface area contributed by atoms with Crippen LogP contribution in [0.3, 0.4) is 0 Å². The molecular formula is C20H19ClN4O4S. The number of hydrogen-bond acceptors (Lipinski definition) is 5. The van der Waals surface area contributed by atoms with Gasteiger partial charge in [0.25, 0.3) is 15.6 Å². The molecule has 3 rings (SSSR count). The maximum atomic E-state index is 12.6. The normalized spacial score (nSPS) is 11.2. The number of H-pyrrole nitrogens is 1. The van der Waals surface area contributed by atoms with Gasteiger partial charge in [-0.05, 0) is 48.9 Å². The molecule has 0 aliphatic carbocycles. The SMILES string of the molecule is CC(=O)Nc1ccc(S(=O)(=O)Nc2nc(C)c(Cc3ccc(Cl)cc3)c(=O)[nH]2)cc1. The van der Waals surface area contributed by atoms with Crippen molar-refractivity contribution in [3.63, 3.8) is 0 Å². The number of carbonyl (C=O) groups is 1. The Bertz CT molecular complexity index is 1240. The number of aryl methyl sites for hydroxylation is 1. The van der Waals surface area contributed by atoms with Gasteiger partial charge in [0.2, 0.25) is 11.9 Å². The maximum Gasteiger partial charge on any atom is 0.264 e. The number of nitrogens with one attached hydrogen (secondary N) is 3. The second-order valence-electron chi connectivity index (χ2n) is 6.59. The van der Waals surface area contributed by atoms with Crippen molar-refractivity contribution in [3.8, 4) is 0 Å². The second-order valence-corrected chi connectivity index (χ2v) is 8.71. The molecule has 30 heavy (non-hydrogen) atoms. The van der Waals surface area contributed by atoms with Crippen molar-refractivity contribution in [3.05, 3.63) is 80.7 Å². The van der Waals surface area contributed by atoms with E-state index >= 15 is 0 Å². The predicted molar refractivity (Wildman–Crippen MR) is 115 cm³/mol. The molecule has 156 valence electrons. The lowest BCUT2D eigenvalue weighted by Crippen LogP contribution is -2.22. The Morgan fingerprint density at radius 3 is 2.30 bits per heavy atom. The van der Waals surface area contributed by atoms with Crippen LogP contribution in [-0.2, 0) is 21.2 Å². The van der Waals surface area contributed by atoms with Gasteiger partial charge in [0.1, 0.15) is 0 Å². The first-order valence-electron chi connectivity index (χ1n) is 8.89. The van der Waals surface area contributed by atoms with E-state index in [1.807, 2.05) is 12.1 Å². The molecule has 2 aromatic carbocycles. The average molecular weight is 447 g/mol. The molecule has 0 spiro atoms. The number of aromatic nitrogens is 2. The van der Waals surface area contributed by atoms with E-state index in [9.17, 15) is 18.0 Å². The van der Waals surface area contributed by atoms with Crippen LogP contribution in [0.1, 0.15) is 23.7 Å². The summed E-state index contributed by atoms with van der Waals surface area (Å²) in [6.45, 7) is 2.99. The lowest BCUT2D eigenvalue weighted by atomic mass is 10.1. The van der Waals surface area contributed by atoms with Crippen LogP contribution in [0, 0.1) is 6.92 Å². The molecule has 0 radical (unpaired) electrons. The van der Waals surface area contributed by atoms with Crippen molar-refractivity contribution >= 4 is 39.2 Å². The first-order chi connectivity index (χ1) is 14.1. The van der Waals surface area contributed by atoms with Crippen molar-refractivity contribution in [2.75, 3.05) is 10.0 Å². The molecule has 1 amide bonds. The summed E-state index contributed by atoms with van der Waals surface area (Å²) in [5.41, 5.74) is 1.75. The minimum absolute atomic E-state index is 0.0397. The molecule has 8 nitrogen and oxygen atoms in total. The Kier molecular flexibility index (Phi) is 6.23. The Hall–Kier alpha value is -3.17. The third-order valence-electron chi connectivity index (χ3n) is 4.23. The van der Waals surface area contributed by atoms with Gasteiger partial charge < -0.3 is 5.32 Å². The summed E-state index contributed by atoms with van der Waals surface area (Å²) in [4.78, 5) is 30.2. The summed E-state index contributed by atoms with van der Waals surface area (Å²) < 4.78 is 27.5. The molecule has 1 aromatic heterocycles. The van der Waals surface area contributed by atoms with E-state index < -0.39 is 15.6 Å². The van der Waals surface area contributed by atoms with Gasteiger partial charge in [-0.1, -0.05) is 23.7 Å². The van der Waals surface area contributed by atoms with Gasteiger partial charge in [-0.3, -0.25) is 14.6 Å². The van der Waals surface area contributed by atoms with E-state index in [2.05, 4.69) is 20.0 Å². The molecule has 10 heteroatoms. The average Bonchev–Trinajstić information content (AvgIpc) is 2.66. The number of amides is 1. The highest BCUT2D eigenvalue weighted by atomic mass is 35.5. The van der Waals surface area contributed by atoms with Crippen molar-refractivity contribution in [1.29, 1.82) is 0 Å². The van der Waals surface area contributed by atoms with Crippen molar-refractivity contribution < 1.29 is 13.2 Å². The molecule has 0 bridgehead atoms. The fourth-order valence-electron chi connectivity index (χ4n) is 2.78. The van der Waals surface area contributed by atoms with Crippen molar-refractivity contribution in [2.24, 2.45) is 0 Å². The summed E-state index contributed by atoms with van der Waals surface area (Å²) >= 11 is 5.88. The van der Waals surface area contributed by atoms with E-state index in [-0.39, 0.29) is 16.8 Å². The Balaban J connectivity index is 1.81. The molecule has 0 unspecified atom stereocenters. The van der Waals surface area contributed by atoms with Gasteiger partial charge >= 0.3 is 0 Å². The van der Waals surface area contributed by atoms with Crippen LogP contribution in [0.25, 0.3) is 0 Å². The van der Waals surface area contributed by atoms with Gasteiger partial charge in [0.05, 0.1) is 10.6 Å². The largest absolute Gasteiger partial charge is 0.326 e. The molecule has 0 aliphatic heterocycles. The first-order valence-corrected chi connectivity index (χ1v) is 10.7. The van der Waals surface area contributed by atoms with Crippen LogP contribution in [0.4, 0.5) is 11.6 Å². The van der Waals surface area contributed by atoms with Crippen LogP contribution in [0.5, 0.6) is 0 Å². The molecule has 3 N–H and O–H groups in total. The van der Waals surface area contributed by atoms with Gasteiger partial charge in [-0.15, -0.1) is 0 Å². The van der Waals surface area contributed by atoms with Gasteiger partial charge in [0, 0.05) is 29.6 Å².